The van der Waals surface area contributed by atoms with E-state index in [1.807, 2.05) is 13.2 Å². The summed E-state index contributed by atoms with van der Waals surface area (Å²) in [6, 6.07) is 4.51. The highest BCUT2D eigenvalue weighted by molar-refractivity contribution is 7.16. The molecule has 1 aromatic rings. The van der Waals surface area contributed by atoms with Crippen molar-refractivity contribution in [3.05, 3.63) is 21.3 Å². The maximum absolute atomic E-state index is 6.05. The van der Waals surface area contributed by atoms with Gasteiger partial charge in [-0.15, -0.1) is 11.3 Å². The molecule has 0 bridgehead atoms. The van der Waals surface area contributed by atoms with Crippen molar-refractivity contribution < 1.29 is 4.74 Å². The van der Waals surface area contributed by atoms with Gasteiger partial charge in [0.05, 0.1) is 9.94 Å². The number of rotatable bonds is 7. The molecule has 1 aromatic heterocycles. The topological polar surface area (TPSA) is 21.3 Å². The van der Waals surface area contributed by atoms with Gasteiger partial charge < -0.3 is 10.1 Å². The Hall–Kier alpha value is -0.0900. The molecule has 0 saturated heterocycles. The minimum absolute atomic E-state index is 0.0991. The number of thiophene rings is 1. The van der Waals surface area contributed by atoms with Crippen LogP contribution in [0.3, 0.4) is 0 Å². The third kappa shape index (κ3) is 3.27. The molecule has 18 heavy (non-hydrogen) atoms. The zero-order valence-electron chi connectivity index (χ0n) is 11.2. The van der Waals surface area contributed by atoms with Crippen molar-refractivity contribution in [1.29, 1.82) is 0 Å². The highest BCUT2D eigenvalue weighted by Gasteiger charge is 2.39. The first-order valence-corrected chi connectivity index (χ1v) is 7.92. The van der Waals surface area contributed by atoms with Crippen LogP contribution >= 0.6 is 22.9 Å². The lowest BCUT2D eigenvalue weighted by molar-refractivity contribution is -0.0836. The minimum Gasteiger partial charge on any atom is -0.378 e. The molecule has 0 radical (unpaired) electrons. The summed E-state index contributed by atoms with van der Waals surface area (Å²) in [5, 5.41) is 3.63. The summed E-state index contributed by atoms with van der Waals surface area (Å²) in [7, 11) is 1.84. The van der Waals surface area contributed by atoms with E-state index in [1.165, 1.54) is 24.1 Å². The lowest BCUT2D eigenvalue weighted by Crippen LogP contribution is -2.42. The molecular formula is C14H22ClNOS. The summed E-state index contributed by atoms with van der Waals surface area (Å²) < 4.78 is 6.61. The monoisotopic (exact) mass is 287 g/mol. The Kier molecular flexibility index (Phi) is 5.07. The fourth-order valence-electron chi connectivity index (χ4n) is 2.54. The summed E-state index contributed by atoms with van der Waals surface area (Å²) in [6.07, 6.45) is 5.87. The largest absolute Gasteiger partial charge is 0.378 e. The molecule has 1 N–H and O–H groups in total. The van der Waals surface area contributed by atoms with E-state index in [2.05, 4.69) is 18.3 Å². The molecule has 0 amide bonds. The van der Waals surface area contributed by atoms with Gasteiger partial charge in [-0.1, -0.05) is 18.5 Å². The molecule has 2 nitrogen and oxygen atoms in total. The Bertz CT molecular complexity index is 370. The molecule has 1 heterocycles. The number of hydrogen-bond donors (Lipinski definition) is 1. The average molecular weight is 288 g/mol. The molecule has 102 valence electrons. The van der Waals surface area contributed by atoms with E-state index in [9.17, 15) is 0 Å². The van der Waals surface area contributed by atoms with Gasteiger partial charge in [-0.2, -0.15) is 0 Å². The van der Waals surface area contributed by atoms with Gasteiger partial charge in [0.2, 0.25) is 0 Å². The predicted molar refractivity (Wildman–Crippen MR) is 78.6 cm³/mol. The van der Waals surface area contributed by atoms with Gasteiger partial charge in [0.25, 0.3) is 0 Å². The molecule has 4 heteroatoms. The van der Waals surface area contributed by atoms with Gasteiger partial charge in [0.1, 0.15) is 0 Å². The first-order chi connectivity index (χ1) is 8.69. The maximum atomic E-state index is 6.05. The molecule has 1 aliphatic rings. The first kappa shape index (κ1) is 14.3. The van der Waals surface area contributed by atoms with Gasteiger partial charge in [-0.3, -0.25) is 0 Å². The van der Waals surface area contributed by atoms with Crippen molar-refractivity contribution in [2.45, 2.75) is 50.7 Å². The standard InChI is InChI=1S/C14H22ClNOS/c1-3-9-16-11(12-5-6-13(15)18-12)10-14(17-2)7-4-8-14/h5-6,11,16H,3-4,7-10H2,1-2H3. The van der Waals surface area contributed by atoms with Crippen LogP contribution in [0, 0.1) is 0 Å². The van der Waals surface area contributed by atoms with E-state index >= 15 is 0 Å². The molecule has 0 spiro atoms. The number of hydrogen-bond acceptors (Lipinski definition) is 3. The van der Waals surface area contributed by atoms with Gasteiger partial charge in [0.15, 0.2) is 0 Å². The molecule has 2 rings (SSSR count). The van der Waals surface area contributed by atoms with Crippen LogP contribution < -0.4 is 5.32 Å². The van der Waals surface area contributed by atoms with Gasteiger partial charge in [0, 0.05) is 18.0 Å². The van der Waals surface area contributed by atoms with Crippen LogP contribution in [-0.4, -0.2) is 19.3 Å². The lowest BCUT2D eigenvalue weighted by Gasteiger charge is -2.42. The van der Waals surface area contributed by atoms with Crippen LogP contribution in [0.1, 0.15) is 49.9 Å². The molecule has 1 atom stereocenters. The summed E-state index contributed by atoms with van der Waals surface area (Å²) in [4.78, 5) is 1.33. The summed E-state index contributed by atoms with van der Waals surface area (Å²) in [6.45, 7) is 3.24. The smallest absolute Gasteiger partial charge is 0.0931 e. The van der Waals surface area contributed by atoms with Gasteiger partial charge in [-0.05, 0) is 50.8 Å². The average Bonchev–Trinajstić information content (AvgIpc) is 2.74. The zero-order chi connectivity index (χ0) is 13.0. The summed E-state index contributed by atoms with van der Waals surface area (Å²) in [5.41, 5.74) is 0.0991. The Morgan fingerprint density at radius 3 is 2.72 bits per heavy atom. The Balaban J connectivity index is 2.05. The number of nitrogens with one attached hydrogen (secondary N) is 1. The number of methoxy groups -OCH3 is 1. The van der Waals surface area contributed by atoms with E-state index < -0.39 is 0 Å². The first-order valence-electron chi connectivity index (χ1n) is 6.73. The third-order valence-electron chi connectivity index (χ3n) is 3.85. The third-order valence-corrected chi connectivity index (χ3v) is 5.20. The van der Waals surface area contributed by atoms with Crippen molar-refractivity contribution in [2.75, 3.05) is 13.7 Å². The second-order valence-corrected chi connectivity index (χ2v) is 6.84. The van der Waals surface area contributed by atoms with Crippen molar-refractivity contribution in [3.8, 4) is 0 Å². The summed E-state index contributed by atoms with van der Waals surface area (Å²) >= 11 is 7.73. The highest BCUT2D eigenvalue weighted by Crippen LogP contribution is 2.43. The summed E-state index contributed by atoms with van der Waals surface area (Å²) in [5.74, 6) is 0. The van der Waals surface area contributed by atoms with Crippen molar-refractivity contribution in [2.24, 2.45) is 0 Å². The van der Waals surface area contributed by atoms with Gasteiger partial charge >= 0.3 is 0 Å². The maximum Gasteiger partial charge on any atom is 0.0931 e. The van der Waals surface area contributed by atoms with E-state index in [-0.39, 0.29) is 5.60 Å². The number of halogens is 1. The van der Waals surface area contributed by atoms with Crippen LogP contribution in [0.2, 0.25) is 4.34 Å². The van der Waals surface area contributed by atoms with Gasteiger partial charge in [-0.25, -0.2) is 0 Å². The molecule has 1 saturated carbocycles. The lowest BCUT2D eigenvalue weighted by atomic mass is 9.75. The van der Waals surface area contributed by atoms with Crippen molar-refractivity contribution >= 4 is 22.9 Å². The van der Waals surface area contributed by atoms with E-state index in [0.29, 0.717) is 6.04 Å². The Labute approximate surface area is 119 Å². The predicted octanol–water partition coefficient (Wildman–Crippen LogP) is 4.40. The molecule has 1 fully saturated rings. The Morgan fingerprint density at radius 1 is 1.50 bits per heavy atom. The second kappa shape index (κ2) is 6.38. The van der Waals surface area contributed by atoms with Crippen LogP contribution in [-0.2, 0) is 4.74 Å². The quantitative estimate of drug-likeness (QED) is 0.802. The van der Waals surface area contributed by atoms with Crippen molar-refractivity contribution in [3.63, 3.8) is 0 Å². The van der Waals surface area contributed by atoms with E-state index in [1.54, 1.807) is 11.3 Å². The van der Waals surface area contributed by atoms with Crippen LogP contribution in [0.5, 0.6) is 0 Å². The highest BCUT2D eigenvalue weighted by atomic mass is 35.5. The molecule has 0 aliphatic heterocycles. The molecule has 1 aliphatic carbocycles. The zero-order valence-corrected chi connectivity index (χ0v) is 12.7. The van der Waals surface area contributed by atoms with Crippen LogP contribution in [0.15, 0.2) is 12.1 Å². The molecule has 1 unspecified atom stereocenters. The normalized spacial score (nSPS) is 19.5. The van der Waals surface area contributed by atoms with Crippen molar-refractivity contribution in [1.82, 2.24) is 5.32 Å². The van der Waals surface area contributed by atoms with E-state index in [0.717, 1.165) is 23.7 Å². The Morgan fingerprint density at radius 2 is 2.28 bits per heavy atom. The fraction of sp³-hybridized carbons (Fsp3) is 0.714. The molecule has 0 aromatic carbocycles. The second-order valence-electron chi connectivity index (χ2n) is 5.09. The SMILES string of the molecule is CCCNC(CC1(OC)CCC1)c1ccc(Cl)s1. The minimum atomic E-state index is 0.0991. The van der Waals surface area contributed by atoms with Crippen LogP contribution in [0.4, 0.5) is 0 Å². The fourth-order valence-corrected chi connectivity index (χ4v) is 3.68. The van der Waals surface area contributed by atoms with Crippen LogP contribution in [0.25, 0.3) is 0 Å². The van der Waals surface area contributed by atoms with E-state index in [4.69, 9.17) is 16.3 Å². The molecular weight excluding hydrogens is 266 g/mol. The number of ether oxygens (including phenoxy) is 1.